The van der Waals surface area contributed by atoms with Gasteiger partial charge in [0.05, 0.1) is 7.05 Å². The number of amides is 3. The molecule has 3 aromatic carbocycles. The van der Waals surface area contributed by atoms with Crippen LogP contribution in [0.25, 0.3) is 0 Å². The van der Waals surface area contributed by atoms with Gasteiger partial charge < -0.3 is 10.2 Å². The fourth-order valence-corrected chi connectivity index (χ4v) is 4.19. The second-order valence-electron chi connectivity index (χ2n) is 7.57. The van der Waals surface area contributed by atoms with E-state index in [1.54, 1.807) is 0 Å². The predicted octanol–water partition coefficient (Wildman–Crippen LogP) is 2.81. The van der Waals surface area contributed by atoms with Crippen molar-refractivity contribution in [3.8, 4) is 0 Å². The molecule has 6 heteroatoms. The van der Waals surface area contributed by atoms with E-state index in [9.17, 15) is 9.59 Å². The molecular formula is C24H23ClN3O2+. The molecule has 0 saturated carbocycles. The van der Waals surface area contributed by atoms with Crippen LogP contribution in [-0.4, -0.2) is 30.6 Å². The largest absolute Gasteiger partial charge is 0.330 e. The third-order valence-corrected chi connectivity index (χ3v) is 5.58. The third kappa shape index (κ3) is 3.70. The lowest BCUT2D eigenvalue weighted by atomic mass is 9.83. The van der Waals surface area contributed by atoms with Crippen LogP contribution in [-0.2, 0) is 16.9 Å². The molecule has 4 rings (SSSR count). The summed E-state index contributed by atoms with van der Waals surface area (Å²) in [5.74, 6) is -0.268. The Bertz CT molecular complexity index is 1020. The summed E-state index contributed by atoms with van der Waals surface area (Å²) < 4.78 is 0. The monoisotopic (exact) mass is 420 g/mol. The molecule has 1 aliphatic rings. The third-order valence-electron chi connectivity index (χ3n) is 5.34. The first-order valence-corrected chi connectivity index (χ1v) is 10.2. The van der Waals surface area contributed by atoms with Crippen LogP contribution in [0.4, 0.5) is 4.79 Å². The zero-order valence-electron chi connectivity index (χ0n) is 16.6. The minimum Gasteiger partial charge on any atom is -0.316 e. The van der Waals surface area contributed by atoms with E-state index in [0.717, 1.165) is 21.6 Å². The standard InChI is InChI=1S/C24H22ClN3O2/c1-27(16-18-9-8-14-21(25)15-18)17-28-22(29)24(26-23(28)30,19-10-4-2-5-11-19)20-12-6-3-7-13-20/h2-15H,16-17H2,1H3,(H,26,30)/p+1. The number of nitrogens with one attached hydrogen (secondary N) is 2. The molecule has 0 spiro atoms. The van der Waals surface area contributed by atoms with Gasteiger partial charge in [0.2, 0.25) is 0 Å². The molecule has 1 atom stereocenters. The summed E-state index contributed by atoms with van der Waals surface area (Å²) in [6.45, 7) is 0.889. The van der Waals surface area contributed by atoms with Gasteiger partial charge in [-0.1, -0.05) is 84.4 Å². The first-order chi connectivity index (χ1) is 14.5. The number of hydrogen-bond donors (Lipinski definition) is 2. The second kappa shape index (κ2) is 8.30. The molecule has 1 fully saturated rings. The van der Waals surface area contributed by atoms with Crippen LogP contribution in [0, 0.1) is 0 Å². The van der Waals surface area contributed by atoms with Crippen LogP contribution in [0.2, 0.25) is 5.02 Å². The lowest BCUT2D eigenvalue weighted by Crippen LogP contribution is -3.09. The first-order valence-electron chi connectivity index (χ1n) is 9.81. The highest BCUT2D eigenvalue weighted by Gasteiger charge is 2.54. The lowest BCUT2D eigenvalue weighted by Gasteiger charge is -2.28. The van der Waals surface area contributed by atoms with Gasteiger partial charge in [-0.25, -0.2) is 9.69 Å². The second-order valence-corrected chi connectivity index (χ2v) is 8.00. The van der Waals surface area contributed by atoms with E-state index in [2.05, 4.69) is 5.32 Å². The van der Waals surface area contributed by atoms with Crippen molar-refractivity contribution >= 4 is 23.5 Å². The highest BCUT2D eigenvalue weighted by Crippen LogP contribution is 2.35. The van der Waals surface area contributed by atoms with Gasteiger partial charge in [-0.05, 0) is 23.3 Å². The number of carbonyl (C=O) groups is 2. The normalized spacial score (nSPS) is 16.4. The minimum absolute atomic E-state index is 0.249. The number of imide groups is 1. The molecule has 30 heavy (non-hydrogen) atoms. The zero-order valence-corrected chi connectivity index (χ0v) is 17.4. The van der Waals surface area contributed by atoms with Crippen molar-refractivity contribution in [1.82, 2.24) is 10.2 Å². The Hall–Kier alpha value is -3.15. The number of nitrogens with zero attached hydrogens (tertiary/aromatic N) is 1. The Kier molecular flexibility index (Phi) is 5.57. The molecule has 5 nitrogen and oxygen atoms in total. The summed E-state index contributed by atoms with van der Waals surface area (Å²) in [6, 6.07) is 26.0. The maximum atomic E-state index is 13.7. The number of rotatable bonds is 6. The van der Waals surface area contributed by atoms with Crippen molar-refractivity contribution in [3.63, 3.8) is 0 Å². The van der Waals surface area contributed by atoms with E-state index in [0.29, 0.717) is 11.6 Å². The molecule has 0 bridgehead atoms. The average Bonchev–Trinajstić information content (AvgIpc) is 3.00. The number of halogens is 1. The van der Waals surface area contributed by atoms with Crippen LogP contribution in [0.15, 0.2) is 84.9 Å². The van der Waals surface area contributed by atoms with Crippen molar-refractivity contribution < 1.29 is 14.5 Å². The van der Waals surface area contributed by atoms with Crippen LogP contribution >= 0.6 is 11.6 Å². The Morgan fingerprint density at radius 3 is 2.07 bits per heavy atom. The van der Waals surface area contributed by atoms with Crippen molar-refractivity contribution in [2.45, 2.75) is 12.1 Å². The number of quaternary nitrogens is 1. The van der Waals surface area contributed by atoms with Gasteiger partial charge in [0.25, 0.3) is 5.91 Å². The SMILES string of the molecule is C[NH+](Cc1cccc(Cl)c1)CN1C(=O)NC(c2ccccc2)(c2ccccc2)C1=O. The van der Waals surface area contributed by atoms with E-state index in [-0.39, 0.29) is 12.6 Å². The summed E-state index contributed by atoms with van der Waals surface area (Å²) in [5, 5.41) is 3.65. The number of hydrogen-bond acceptors (Lipinski definition) is 2. The summed E-state index contributed by atoms with van der Waals surface area (Å²) in [7, 11) is 1.95. The molecule has 1 aliphatic heterocycles. The fourth-order valence-electron chi connectivity index (χ4n) is 3.98. The number of urea groups is 1. The minimum atomic E-state index is -1.23. The Balaban J connectivity index is 1.64. The molecule has 3 amide bonds. The summed E-state index contributed by atoms with van der Waals surface area (Å²) in [6.07, 6.45) is 0. The van der Waals surface area contributed by atoms with Crippen LogP contribution in [0.3, 0.4) is 0 Å². The molecule has 1 unspecified atom stereocenters. The molecule has 1 saturated heterocycles. The van der Waals surface area contributed by atoms with Crippen molar-refractivity contribution in [1.29, 1.82) is 0 Å². The molecule has 0 aromatic heterocycles. The van der Waals surface area contributed by atoms with Gasteiger partial charge in [0.1, 0.15) is 6.54 Å². The van der Waals surface area contributed by atoms with Crippen molar-refractivity contribution in [2.75, 3.05) is 13.7 Å². The molecular weight excluding hydrogens is 398 g/mol. The molecule has 152 valence electrons. The smallest absolute Gasteiger partial charge is 0.316 e. The van der Waals surface area contributed by atoms with Gasteiger partial charge in [0, 0.05) is 10.6 Å². The topological polar surface area (TPSA) is 53.9 Å². The lowest BCUT2D eigenvalue weighted by molar-refractivity contribution is -0.901. The molecule has 1 heterocycles. The van der Waals surface area contributed by atoms with Gasteiger partial charge in [-0.3, -0.25) is 4.79 Å². The van der Waals surface area contributed by atoms with Gasteiger partial charge >= 0.3 is 6.03 Å². The van der Waals surface area contributed by atoms with Gasteiger partial charge in [-0.2, -0.15) is 0 Å². The summed E-state index contributed by atoms with van der Waals surface area (Å²) >= 11 is 6.08. The number of benzene rings is 3. The van der Waals surface area contributed by atoms with E-state index in [4.69, 9.17) is 11.6 Å². The van der Waals surface area contributed by atoms with Gasteiger partial charge in [0.15, 0.2) is 12.2 Å². The van der Waals surface area contributed by atoms with Crippen LogP contribution < -0.4 is 10.2 Å². The van der Waals surface area contributed by atoms with Crippen molar-refractivity contribution in [2.24, 2.45) is 0 Å². The Morgan fingerprint density at radius 1 is 0.900 bits per heavy atom. The van der Waals surface area contributed by atoms with E-state index < -0.39 is 11.6 Å². The zero-order chi connectivity index (χ0) is 21.1. The summed E-state index contributed by atoms with van der Waals surface area (Å²) in [5.41, 5.74) is 1.30. The molecule has 2 N–H and O–H groups in total. The van der Waals surface area contributed by atoms with E-state index in [1.807, 2.05) is 92.0 Å². The quantitative estimate of drug-likeness (QED) is 0.602. The highest BCUT2D eigenvalue weighted by molar-refractivity contribution is 6.30. The predicted molar refractivity (Wildman–Crippen MR) is 116 cm³/mol. The van der Waals surface area contributed by atoms with Crippen LogP contribution in [0.1, 0.15) is 16.7 Å². The molecule has 3 aromatic rings. The maximum absolute atomic E-state index is 13.7. The molecule has 0 aliphatic carbocycles. The van der Waals surface area contributed by atoms with E-state index >= 15 is 0 Å². The van der Waals surface area contributed by atoms with E-state index in [1.165, 1.54) is 4.90 Å². The average molecular weight is 421 g/mol. The highest BCUT2D eigenvalue weighted by atomic mass is 35.5. The maximum Gasteiger partial charge on any atom is 0.330 e. The summed E-state index contributed by atoms with van der Waals surface area (Å²) in [4.78, 5) is 28.9. The van der Waals surface area contributed by atoms with Gasteiger partial charge in [-0.15, -0.1) is 0 Å². The fraction of sp³-hybridized carbons (Fsp3) is 0.167. The van der Waals surface area contributed by atoms with Crippen molar-refractivity contribution in [3.05, 3.63) is 107 Å². The van der Waals surface area contributed by atoms with Crippen LogP contribution in [0.5, 0.6) is 0 Å². The number of carbonyl (C=O) groups excluding carboxylic acids is 2. The Morgan fingerprint density at radius 2 is 1.50 bits per heavy atom. The molecule has 0 radical (unpaired) electrons. The first kappa shape index (κ1) is 20.1. The Labute approximate surface area is 180 Å².